The number of thiazole rings is 1. The van der Waals surface area contributed by atoms with Crippen molar-refractivity contribution in [1.29, 1.82) is 0 Å². The van der Waals surface area contributed by atoms with Gasteiger partial charge in [-0.3, -0.25) is 4.79 Å². The second-order valence-electron chi connectivity index (χ2n) is 4.01. The first-order chi connectivity index (χ1) is 8.95. The highest BCUT2D eigenvalue weighted by Crippen LogP contribution is 2.20. The molecule has 0 fully saturated rings. The average molecular weight is 316 g/mol. The van der Waals surface area contributed by atoms with Crippen LogP contribution >= 0.6 is 34.5 Å². The van der Waals surface area contributed by atoms with Crippen molar-refractivity contribution in [2.45, 2.75) is 6.54 Å². The van der Waals surface area contributed by atoms with E-state index in [4.69, 9.17) is 28.9 Å². The minimum absolute atomic E-state index is 0.191. The number of hydrogen-bond acceptors (Lipinski definition) is 4. The molecule has 1 aromatic carbocycles. The third kappa shape index (κ3) is 3.59. The van der Waals surface area contributed by atoms with Crippen LogP contribution in [0, 0.1) is 0 Å². The van der Waals surface area contributed by atoms with Crippen LogP contribution in [0.3, 0.4) is 0 Å². The number of aromatic nitrogens is 1. The van der Waals surface area contributed by atoms with Crippen LogP contribution in [0.2, 0.25) is 10.0 Å². The first-order valence-electron chi connectivity index (χ1n) is 5.37. The lowest BCUT2D eigenvalue weighted by Crippen LogP contribution is -2.26. The molecule has 0 saturated heterocycles. The molecule has 2 rings (SSSR count). The van der Waals surface area contributed by atoms with Gasteiger partial charge in [-0.2, -0.15) is 0 Å². The van der Waals surface area contributed by atoms with E-state index in [9.17, 15) is 4.79 Å². The number of nitrogens with two attached hydrogens (primary N) is 1. The Hall–Kier alpha value is -1.30. The van der Waals surface area contributed by atoms with Gasteiger partial charge in [-0.05, 0) is 23.8 Å². The molecule has 1 aromatic heterocycles. The monoisotopic (exact) mass is 315 g/mol. The van der Waals surface area contributed by atoms with Gasteiger partial charge in [-0.1, -0.05) is 23.2 Å². The third-order valence-electron chi connectivity index (χ3n) is 2.43. The van der Waals surface area contributed by atoms with Crippen LogP contribution in [0.15, 0.2) is 23.6 Å². The molecule has 2 N–H and O–H groups in total. The SMILES string of the molecule is CN(Cc1cc(Cl)cc(Cl)c1)C(=O)c1csc(N)n1. The van der Waals surface area contributed by atoms with E-state index in [1.807, 2.05) is 0 Å². The third-order valence-corrected chi connectivity index (χ3v) is 3.54. The standard InChI is InChI=1S/C12H11Cl2N3OS/c1-17(11(18)10-6-19-12(15)16-10)5-7-2-8(13)4-9(14)3-7/h2-4,6H,5H2,1H3,(H2,15,16). The van der Waals surface area contributed by atoms with Crippen LogP contribution in [0.1, 0.15) is 16.1 Å². The molecule has 0 aliphatic heterocycles. The molecular weight excluding hydrogens is 305 g/mol. The Morgan fingerprint density at radius 2 is 2.00 bits per heavy atom. The van der Waals surface area contributed by atoms with Gasteiger partial charge in [0.25, 0.3) is 5.91 Å². The Bertz CT molecular complexity index is 595. The summed E-state index contributed by atoms with van der Waals surface area (Å²) in [5.41, 5.74) is 6.71. The summed E-state index contributed by atoms with van der Waals surface area (Å²) in [5.74, 6) is -0.191. The Balaban J connectivity index is 2.12. The van der Waals surface area contributed by atoms with E-state index in [1.54, 1.807) is 30.6 Å². The Labute approximate surface area is 124 Å². The highest BCUT2D eigenvalue weighted by molar-refractivity contribution is 7.13. The zero-order chi connectivity index (χ0) is 14.0. The molecule has 0 spiro atoms. The fourth-order valence-electron chi connectivity index (χ4n) is 1.63. The highest BCUT2D eigenvalue weighted by atomic mass is 35.5. The van der Waals surface area contributed by atoms with Crippen LogP contribution in [-0.2, 0) is 6.54 Å². The number of rotatable bonds is 3. The van der Waals surface area contributed by atoms with Gasteiger partial charge in [0, 0.05) is 29.0 Å². The molecule has 0 saturated carbocycles. The minimum Gasteiger partial charge on any atom is -0.375 e. The van der Waals surface area contributed by atoms with E-state index < -0.39 is 0 Å². The van der Waals surface area contributed by atoms with E-state index in [0.29, 0.717) is 27.4 Å². The number of nitrogens with zero attached hydrogens (tertiary/aromatic N) is 2. The molecule has 19 heavy (non-hydrogen) atoms. The van der Waals surface area contributed by atoms with Crippen molar-refractivity contribution < 1.29 is 4.79 Å². The maximum Gasteiger partial charge on any atom is 0.273 e. The maximum atomic E-state index is 12.1. The summed E-state index contributed by atoms with van der Waals surface area (Å²) < 4.78 is 0. The van der Waals surface area contributed by atoms with Crippen LogP contribution in [0.25, 0.3) is 0 Å². The molecule has 0 aliphatic carbocycles. The van der Waals surface area contributed by atoms with E-state index in [0.717, 1.165) is 5.56 Å². The van der Waals surface area contributed by atoms with Gasteiger partial charge in [0.1, 0.15) is 5.69 Å². The smallest absolute Gasteiger partial charge is 0.273 e. The summed E-state index contributed by atoms with van der Waals surface area (Å²) in [5, 5.41) is 3.10. The number of amides is 1. The number of benzene rings is 1. The van der Waals surface area contributed by atoms with Gasteiger partial charge < -0.3 is 10.6 Å². The zero-order valence-corrected chi connectivity index (χ0v) is 12.4. The molecule has 1 amide bonds. The Morgan fingerprint density at radius 1 is 1.37 bits per heavy atom. The van der Waals surface area contributed by atoms with E-state index in [2.05, 4.69) is 4.98 Å². The maximum absolute atomic E-state index is 12.1. The fourth-order valence-corrected chi connectivity index (χ4v) is 2.74. The van der Waals surface area contributed by atoms with Crippen molar-refractivity contribution in [1.82, 2.24) is 9.88 Å². The van der Waals surface area contributed by atoms with Crippen LogP contribution in [0.5, 0.6) is 0 Å². The molecule has 4 nitrogen and oxygen atoms in total. The van der Waals surface area contributed by atoms with Crippen molar-refractivity contribution in [3.05, 3.63) is 44.9 Å². The molecule has 0 radical (unpaired) electrons. The first-order valence-corrected chi connectivity index (χ1v) is 7.00. The molecule has 7 heteroatoms. The summed E-state index contributed by atoms with van der Waals surface area (Å²) in [4.78, 5) is 17.6. The summed E-state index contributed by atoms with van der Waals surface area (Å²) in [6, 6.07) is 5.19. The van der Waals surface area contributed by atoms with Gasteiger partial charge in [-0.15, -0.1) is 11.3 Å². The van der Waals surface area contributed by atoms with Gasteiger partial charge >= 0.3 is 0 Å². The first kappa shape index (κ1) is 14.1. The molecule has 0 bridgehead atoms. The molecule has 0 atom stereocenters. The number of halogens is 2. The average Bonchev–Trinajstić information content (AvgIpc) is 2.73. The van der Waals surface area contributed by atoms with Crippen LogP contribution < -0.4 is 5.73 Å². The summed E-state index contributed by atoms with van der Waals surface area (Å²) in [7, 11) is 1.69. The summed E-state index contributed by atoms with van der Waals surface area (Å²) >= 11 is 13.1. The van der Waals surface area contributed by atoms with Gasteiger partial charge in [0.15, 0.2) is 5.13 Å². The van der Waals surface area contributed by atoms with Crippen molar-refractivity contribution in [3.8, 4) is 0 Å². The number of carbonyl (C=O) groups is 1. The summed E-state index contributed by atoms with van der Waals surface area (Å²) in [6.07, 6.45) is 0. The molecule has 100 valence electrons. The number of anilines is 1. The molecule has 0 unspecified atom stereocenters. The van der Waals surface area contributed by atoms with E-state index in [-0.39, 0.29) is 5.91 Å². The van der Waals surface area contributed by atoms with Crippen LogP contribution in [0.4, 0.5) is 5.13 Å². The lowest BCUT2D eigenvalue weighted by molar-refractivity contribution is 0.0780. The largest absolute Gasteiger partial charge is 0.375 e. The molecule has 1 heterocycles. The Morgan fingerprint density at radius 3 is 2.53 bits per heavy atom. The normalized spacial score (nSPS) is 10.5. The van der Waals surface area contributed by atoms with Crippen molar-refractivity contribution in [2.24, 2.45) is 0 Å². The quantitative estimate of drug-likeness (QED) is 0.945. The summed E-state index contributed by atoms with van der Waals surface area (Å²) in [6.45, 7) is 0.399. The van der Waals surface area contributed by atoms with Gasteiger partial charge in [0.05, 0.1) is 0 Å². The minimum atomic E-state index is -0.191. The predicted molar refractivity (Wildman–Crippen MR) is 78.8 cm³/mol. The molecular formula is C12H11Cl2N3OS. The van der Waals surface area contributed by atoms with Crippen LogP contribution in [-0.4, -0.2) is 22.8 Å². The highest BCUT2D eigenvalue weighted by Gasteiger charge is 2.15. The van der Waals surface area contributed by atoms with Crippen molar-refractivity contribution in [3.63, 3.8) is 0 Å². The second-order valence-corrected chi connectivity index (χ2v) is 5.77. The topological polar surface area (TPSA) is 59.2 Å². The van der Waals surface area contributed by atoms with Gasteiger partial charge in [-0.25, -0.2) is 4.98 Å². The van der Waals surface area contributed by atoms with E-state index in [1.165, 1.54) is 16.2 Å². The zero-order valence-electron chi connectivity index (χ0n) is 10.1. The molecule has 0 aliphatic rings. The van der Waals surface area contributed by atoms with Crippen molar-refractivity contribution in [2.75, 3.05) is 12.8 Å². The number of carbonyl (C=O) groups excluding carboxylic acids is 1. The second kappa shape index (κ2) is 5.77. The van der Waals surface area contributed by atoms with Gasteiger partial charge in [0.2, 0.25) is 0 Å². The predicted octanol–water partition coefficient (Wildman–Crippen LogP) is 3.30. The Kier molecular flexibility index (Phi) is 4.29. The van der Waals surface area contributed by atoms with E-state index >= 15 is 0 Å². The lowest BCUT2D eigenvalue weighted by atomic mass is 10.2. The number of nitrogen functional groups attached to an aromatic ring is 1. The van der Waals surface area contributed by atoms with Crippen molar-refractivity contribution >= 4 is 45.6 Å². The number of hydrogen-bond donors (Lipinski definition) is 1. The fraction of sp³-hybridized carbons (Fsp3) is 0.167. The lowest BCUT2D eigenvalue weighted by Gasteiger charge is -2.16. The molecule has 2 aromatic rings.